The van der Waals surface area contributed by atoms with Crippen molar-refractivity contribution in [1.29, 1.82) is 0 Å². The van der Waals surface area contributed by atoms with Crippen molar-refractivity contribution in [2.45, 2.75) is 12.5 Å². The number of fused-ring (bicyclic) bond motifs is 1. The maximum absolute atomic E-state index is 11.5. The van der Waals surface area contributed by atoms with Crippen LogP contribution in [0.15, 0.2) is 18.2 Å². The zero-order chi connectivity index (χ0) is 11.0. The molecule has 0 heterocycles. The number of hydrogen-bond acceptors (Lipinski definition) is 4. The van der Waals surface area contributed by atoms with Crippen molar-refractivity contribution in [1.82, 2.24) is 0 Å². The molecule has 0 saturated heterocycles. The topological polar surface area (TPSA) is 69.4 Å². The second-order valence-corrected chi connectivity index (χ2v) is 3.53. The van der Waals surface area contributed by atoms with Crippen molar-refractivity contribution in [3.63, 3.8) is 0 Å². The molecule has 1 aromatic carbocycles. The number of ether oxygens (including phenoxy) is 1. The van der Waals surface area contributed by atoms with Crippen LogP contribution in [0.2, 0.25) is 0 Å². The quantitative estimate of drug-likeness (QED) is 0.696. The average Bonchev–Trinajstić information content (AvgIpc) is 2.53. The molecule has 0 aromatic heterocycles. The molecule has 1 atom stereocenters. The molecule has 1 aliphatic carbocycles. The van der Waals surface area contributed by atoms with Gasteiger partial charge in [0.1, 0.15) is 0 Å². The molecule has 0 spiro atoms. The minimum absolute atomic E-state index is 0.0109. The minimum Gasteiger partial charge on any atom is -0.465 e. The highest BCUT2D eigenvalue weighted by atomic mass is 16.5. The van der Waals surface area contributed by atoms with Crippen LogP contribution in [-0.4, -0.2) is 18.9 Å². The van der Waals surface area contributed by atoms with Gasteiger partial charge >= 0.3 is 5.97 Å². The predicted molar refractivity (Wildman–Crippen MR) is 53.7 cm³/mol. The zero-order valence-corrected chi connectivity index (χ0v) is 8.32. The van der Waals surface area contributed by atoms with Gasteiger partial charge in [0.15, 0.2) is 5.78 Å². The molecule has 1 aromatic rings. The standard InChI is InChI=1S/C11H11NO3/c1-15-11(14)6-2-3-7-8(4-6)10(13)5-9(7)12/h2-4,9H,5,12H2,1H3/t9-/m0/s1. The summed E-state index contributed by atoms with van der Waals surface area (Å²) in [4.78, 5) is 22.7. The van der Waals surface area contributed by atoms with Crippen molar-refractivity contribution >= 4 is 11.8 Å². The van der Waals surface area contributed by atoms with Crippen molar-refractivity contribution < 1.29 is 14.3 Å². The summed E-state index contributed by atoms with van der Waals surface area (Å²) in [5, 5.41) is 0. The first-order valence-electron chi connectivity index (χ1n) is 4.64. The summed E-state index contributed by atoms with van der Waals surface area (Å²) in [5.74, 6) is -0.450. The summed E-state index contributed by atoms with van der Waals surface area (Å²) >= 11 is 0. The van der Waals surface area contributed by atoms with Crippen LogP contribution in [0.3, 0.4) is 0 Å². The van der Waals surface area contributed by atoms with Gasteiger partial charge in [-0.15, -0.1) is 0 Å². The summed E-state index contributed by atoms with van der Waals surface area (Å²) in [5.41, 5.74) is 7.51. The van der Waals surface area contributed by atoms with E-state index < -0.39 is 5.97 Å². The Labute approximate surface area is 87.0 Å². The first kappa shape index (κ1) is 9.86. The van der Waals surface area contributed by atoms with Crippen LogP contribution in [0.4, 0.5) is 0 Å². The third-order valence-corrected chi connectivity index (χ3v) is 2.58. The van der Waals surface area contributed by atoms with E-state index in [0.717, 1.165) is 5.56 Å². The lowest BCUT2D eigenvalue weighted by atomic mass is 10.0. The Bertz CT molecular complexity index is 439. The fourth-order valence-corrected chi connectivity index (χ4v) is 1.79. The summed E-state index contributed by atoms with van der Waals surface area (Å²) in [6, 6.07) is 4.66. The van der Waals surface area contributed by atoms with Crippen LogP contribution in [0.25, 0.3) is 0 Å². The van der Waals surface area contributed by atoms with E-state index in [9.17, 15) is 9.59 Å². The van der Waals surface area contributed by atoms with Gasteiger partial charge in [-0.1, -0.05) is 6.07 Å². The Hall–Kier alpha value is -1.68. The van der Waals surface area contributed by atoms with E-state index in [1.807, 2.05) is 0 Å². The summed E-state index contributed by atoms with van der Waals surface area (Å²) < 4.78 is 4.58. The second-order valence-electron chi connectivity index (χ2n) is 3.53. The molecule has 0 radical (unpaired) electrons. The molecule has 0 amide bonds. The average molecular weight is 205 g/mol. The van der Waals surface area contributed by atoms with Gasteiger partial charge in [0.2, 0.25) is 0 Å². The highest BCUT2D eigenvalue weighted by Gasteiger charge is 2.27. The molecule has 4 heteroatoms. The van der Waals surface area contributed by atoms with E-state index >= 15 is 0 Å². The lowest BCUT2D eigenvalue weighted by molar-refractivity contribution is 0.0600. The van der Waals surface area contributed by atoms with E-state index in [0.29, 0.717) is 17.5 Å². The molecule has 0 aliphatic heterocycles. The fourth-order valence-electron chi connectivity index (χ4n) is 1.79. The lowest BCUT2D eigenvalue weighted by Gasteiger charge is -2.04. The monoisotopic (exact) mass is 205 g/mol. The molecule has 0 saturated carbocycles. The molecular formula is C11H11NO3. The second kappa shape index (κ2) is 3.47. The van der Waals surface area contributed by atoms with Gasteiger partial charge in [0, 0.05) is 18.0 Å². The molecule has 0 unspecified atom stereocenters. The summed E-state index contributed by atoms with van der Waals surface area (Å²) in [7, 11) is 1.31. The van der Waals surface area contributed by atoms with Crippen molar-refractivity contribution in [3.8, 4) is 0 Å². The van der Waals surface area contributed by atoms with Crippen LogP contribution in [0.5, 0.6) is 0 Å². The molecule has 4 nitrogen and oxygen atoms in total. The molecule has 1 aliphatic rings. The Kier molecular flexibility index (Phi) is 2.28. The van der Waals surface area contributed by atoms with Crippen molar-refractivity contribution in [2.75, 3.05) is 7.11 Å². The van der Waals surface area contributed by atoms with Crippen LogP contribution in [0, 0.1) is 0 Å². The van der Waals surface area contributed by atoms with E-state index in [1.165, 1.54) is 7.11 Å². The predicted octanol–water partition coefficient (Wildman–Crippen LogP) is 1.06. The molecule has 15 heavy (non-hydrogen) atoms. The van der Waals surface area contributed by atoms with Gasteiger partial charge in [0.05, 0.1) is 12.7 Å². The smallest absolute Gasteiger partial charge is 0.337 e. The third-order valence-electron chi connectivity index (χ3n) is 2.58. The van der Waals surface area contributed by atoms with Gasteiger partial charge < -0.3 is 10.5 Å². The third kappa shape index (κ3) is 1.53. The molecule has 0 fully saturated rings. The van der Waals surface area contributed by atoms with Crippen LogP contribution < -0.4 is 5.73 Å². The minimum atomic E-state index is -0.439. The van der Waals surface area contributed by atoms with Crippen LogP contribution in [0.1, 0.15) is 38.7 Å². The largest absolute Gasteiger partial charge is 0.465 e. The fraction of sp³-hybridized carbons (Fsp3) is 0.273. The number of hydrogen-bond donors (Lipinski definition) is 1. The zero-order valence-electron chi connectivity index (χ0n) is 8.32. The number of benzene rings is 1. The number of Topliss-reactive ketones (excluding diaryl/α,β-unsaturated/α-hetero) is 1. The molecule has 0 bridgehead atoms. The highest BCUT2D eigenvalue weighted by Crippen LogP contribution is 2.29. The number of carbonyl (C=O) groups excluding carboxylic acids is 2. The van der Waals surface area contributed by atoms with Gasteiger partial charge in [0.25, 0.3) is 0 Å². The maximum atomic E-state index is 11.5. The van der Waals surface area contributed by atoms with Gasteiger partial charge in [-0.2, -0.15) is 0 Å². The number of esters is 1. The van der Waals surface area contributed by atoms with Gasteiger partial charge in [-0.05, 0) is 17.7 Å². The van der Waals surface area contributed by atoms with E-state index in [4.69, 9.17) is 5.73 Å². The lowest BCUT2D eigenvalue weighted by Crippen LogP contribution is -2.06. The van der Waals surface area contributed by atoms with Gasteiger partial charge in [-0.25, -0.2) is 4.79 Å². The molecule has 78 valence electrons. The SMILES string of the molecule is COC(=O)c1ccc2c(c1)C(=O)C[C@@H]2N. The Morgan fingerprint density at radius 2 is 2.27 bits per heavy atom. The molecule has 2 rings (SSSR count). The summed E-state index contributed by atoms with van der Waals surface area (Å²) in [6.45, 7) is 0. The normalized spacial score (nSPS) is 18.8. The number of ketones is 1. The highest BCUT2D eigenvalue weighted by molar-refractivity contribution is 6.03. The molecule has 2 N–H and O–H groups in total. The Morgan fingerprint density at radius 1 is 1.53 bits per heavy atom. The van der Waals surface area contributed by atoms with E-state index in [2.05, 4.69) is 4.74 Å². The van der Waals surface area contributed by atoms with Crippen LogP contribution >= 0.6 is 0 Å². The van der Waals surface area contributed by atoms with Crippen molar-refractivity contribution in [2.24, 2.45) is 5.73 Å². The first-order valence-corrected chi connectivity index (χ1v) is 4.64. The van der Waals surface area contributed by atoms with E-state index in [-0.39, 0.29) is 11.8 Å². The number of rotatable bonds is 1. The number of carbonyl (C=O) groups is 2. The Balaban J connectivity index is 2.47. The van der Waals surface area contributed by atoms with Crippen LogP contribution in [-0.2, 0) is 4.74 Å². The summed E-state index contributed by atoms with van der Waals surface area (Å²) in [6.07, 6.45) is 0.319. The number of methoxy groups -OCH3 is 1. The van der Waals surface area contributed by atoms with Gasteiger partial charge in [-0.3, -0.25) is 4.79 Å². The Morgan fingerprint density at radius 3 is 2.93 bits per heavy atom. The van der Waals surface area contributed by atoms with Crippen molar-refractivity contribution in [3.05, 3.63) is 34.9 Å². The maximum Gasteiger partial charge on any atom is 0.337 e. The number of nitrogens with two attached hydrogens (primary N) is 1. The molecular weight excluding hydrogens is 194 g/mol. The van der Waals surface area contributed by atoms with E-state index in [1.54, 1.807) is 18.2 Å². The first-order chi connectivity index (χ1) is 7.13.